The number of carbonyl (C=O) groups is 1. The van der Waals surface area contributed by atoms with Crippen molar-refractivity contribution in [1.29, 1.82) is 0 Å². The molecule has 0 N–H and O–H groups in total. The number of benzene rings is 1. The summed E-state index contributed by atoms with van der Waals surface area (Å²) < 4.78 is 12.4. The summed E-state index contributed by atoms with van der Waals surface area (Å²) in [5, 5.41) is 0. The molecule has 0 saturated carbocycles. The first-order valence-corrected chi connectivity index (χ1v) is 8.53. The van der Waals surface area contributed by atoms with E-state index in [0.717, 1.165) is 23.2 Å². The quantitative estimate of drug-likeness (QED) is 0.690. The van der Waals surface area contributed by atoms with E-state index in [9.17, 15) is 4.79 Å². The minimum atomic E-state index is -0.453. The smallest absolute Gasteiger partial charge is 0.410 e. The fourth-order valence-corrected chi connectivity index (χ4v) is 3.77. The molecular formula is C17H22BrNO3. The standard InChI is InChI=1S/C17H22BrNO3/c1-17(2,3)22-16(20)19-9-11-7-8-21-15-12(13(11)10-19)5-4-6-14(15)18/h4-6,11,13H,7-10H2,1-3H3/t11-,13-/m0/s1. The Labute approximate surface area is 139 Å². The van der Waals surface area contributed by atoms with Gasteiger partial charge in [0.1, 0.15) is 11.4 Å². The molecule has 4 nitrogen and oxygen atoms in total. The fourth-order valence-electron chi connectivity index (χ4n) is 3.27. The van der Waals surface area contributed by atoms with Crippen molar-refractivity contribution < 1.29 is 14.3 Å². The lowest BCUT2D eigenvalue weighted by atomic mass is 9.87. The highest BCUT2D eigenvalue weighted by Crippen LogP contribution is 2.44. The monoisotopic (exact) mass is 367 g/mol. The Kier molecular flexibility index (Phi) is 4.10. The number of hydrogen-bond acceptors (Lipinski definition) is 3. The summed E-state index contributed by atoms with van der Waals surface area (Å²) in [7, 11) is 0. The highest BCUT2D eigenvalue weighted by molar-refractivity contribution is 9.10. The predicted octanol–water partition coefficient (Wildman–Crippen LogP) is 4.18. The minimum absolute atomic E-state index is 0.210. The summed E-state index contributed by atoms with van der Waals surface area (Å²) in [6, 6.07) is 6.15. The van der Waals surface area contributed by atoms with Gasteiger partial charge in [0, 0.05) is 24.6 Å². The molecule has 0 spiro atoms. The van der Waals surface area contributed by atoms with E-state index in [0.29, 0.717) is 25.0 Å². The van der Waals surface area contributed by atoms with Gasteiger partial charge in [-0.3, -0.25) is 0 Å². The van der Waals surface area contributed by atoms with E-state index in [1.165, 1.54) is 5.56 Å². The number of rotatable bonds is 0. The van der Waals surface area contributed by atoms with Crippen LogP contribution in [0.4, 0.5) is 4.79 Å². The van der Waals surface area contributed by atoms with Crippen LogP contribution in [0.15, 0.2) is 22.7 Å². The van der Waals surface area contributed by atoms with Gasteiger partial charge in [0.15, 0.2) is 0 Å². The van der Waals surface area contributed by atoms with Crippen LogP contribution in [0, 0.1) is 5.92 Å². The van der Waals surface area contributed by atoms with Gasteiger partial charge in [0.2, 0.25) is 0 Å². The van der Waals surface area contributed by atoms with Gasteiger partial charge in [0.05, 0.1) is 11.1 Å². The van der Waals surface area contributed by atoms with E-state index < -0.39 is 5.60 Å². The average Bonchev–Trinajstić information content (AvgIpc) is 2.75. The number of nitrogens with zero attached hydrogens (tertiary/aromatic N) is 1. The number of ether oxygens (including phenoxy) is 2. The second-order valence-electron chi connectivity index (χ2n) is 7.05. The van der Waals surface area contributed by atoms with E-state index in [-0.39, 0.29) is 6.09 Å². The Morgan fingerprint density at radius 1 is 1.36 bits per heavy atom. The molecule has 2 aliphatic heterocycles. The summed E-state index contributed by atoms with van der Waals surface area (Å²) in [4.78, 5) is 14.2. The van der Waals surface area contributed by atoms with E-state index >= 15 is 0 Å². The number of fused-ring (bicyclic) bond motifs is 3. The first-order chi connectivity index (χ1) is 10.3. The largest absolute Gasteiger partial charge is 0.492 e. The zero-order valence-electron chi connectivity index (χ0n) is 13.3. The van der Waals surface area contributed by atoms with Crippen molar-refractivity contribution in [2.45, 2.75) is 38.7 Å². The topological polar surface area (TPSA) is 38.8 Å². The molecule has 1 fully saturated rings. The van der Waals surface area contributed by atoms with Gasteiger partial charge in [-0.15, -0.1) is 0 Å². The lowest BCUT2D eigenvalue weighted by Crippen LogP contribution is -2.35. The maximum atomic E-state index is 12.3. The van der Waals surface area contributed by atoms with Crippen molar-refractivity contribution in [2.75, 3.05) is 19.7 Å². The van der Waals surface area contributed by atoms with Crippen molar-refractivity contribution in [2.24, 2.45) is 5.92 Å². The zero-order chi connectivity index (χ0) is 15.9. The van der Waals surface area contributed by atoms with Crippen LogP contribution in [-0.2, 0) is 4.74 Å². The highest BCUT2D eigenvalue weighted by atomic mass is 79.9. The molecule has 2 aliphatic rings. The van der Waals surface area contributed by atoms with Crippen LogP contribution in [0.1, 0.15) is 38.7 Å². The molecule has 120 valence electrons. The normalized spacial score (nSPS) is 24.1. The molecule has 3 rings (SSSR count). The second-order valence-corrected chi connectivity index (χ2v) is 7.90. The summed E-state index contributed by atoms with van der Waals surface area (Å²) in [5.41, 5.74) is 0.745. The predicted molar refractivity (Wildman–Crippen MR) is 88.3 cm³/mol. The molecule has 1 saturated heterocycles. The van der Waals surface area contributed by atoms with Gasteiger partial charge in [-0.2, -0.15) is 0 Å². The van der Waals surface area contributed by atoms with Crippen molar-refractivity contribution in [3.05, 3.63) is 28.2 Å². The van der Waals surface area contributed by atoms with Gasteiger partial charge >= 0.3 is 6.09 Å². The molecule has 2 heterocycles. The number of halogens is 1. The van der Waals surface area contributed by atoms with Gasteiger partial charge in [-0.05, 0) is 55.1 Å². The molecule has 0 bridgehead atoms. The number of carbonyl (C=O) groups excluding carboxylic acids is 1. The molecule has 1 aromatic carbocycles. The molecule has 5 heteroatoms. The Hall–Kier alpha value is -1.23. The lowest BCUT2D eigenvalue weighted by Gasteiger charge is -2.24. The maximum Gasteiger partial charge on any atom is 0.410 e. The van der Waals surface area contributed by atoms with Gasteiger partial charge in [-0.1, -0.05) is 12.1 Å². The van der Waals surface area contributed by atoms with E-state index in [2.05, 4.69) is 22.0 Å². The van der Waals surface area contributed by atoms with Gasteiger partial charge in [0.25, 0.3) is 0 Å². The molecule has 2 atom stereocenters. The van der Waals surface area contributed by atoms with Crippen LogP contribution in [0.3, 0.4) is 0 Å². The molecule has 1 aromatic rings. The molecule has 1 amide bonds. The van der Waals surface area contributed by atoms with Crippen LogP contribution < -0.4 is 4.74 Å². The number of hydrogen-bond donors (Lipinski definition) is 0. The van der Waals surface area contributed by atoms with Gasteiger partial charge < -0.3 is 14.4 Å². The SMILES string of the molecule is CC(C)(C)OC(=O)N1C[C@@H]2CCOc3c(Br)cccc3[C@H]2C1. The number of likely N-dealkylation sites (tertiary alicyclic amines) is 1. The maximum absolute atomic E-state index is 12.3. The molecule has 22 heavy (non-hydrogen) atoms. The fraction of sp³-hybridized carbons (Fsp3) is 0.588. The third-order valence-electron chi connectivity index (χ3n) is 4.22. The Morgan fingerprint density at radius 2 is 2.14 bits per heavy atom. The van der Waals surface area contributed by atoms with Crippen molar-refractivity contribution >= 4 is 22.0 Å². The van der Waals surface area contributed by atoms with Crippen LogP contribution in [0.5, 0.6) is 5.75 Å². The average molecular weight is 368 g/mol. The van der Waals surface area contributed by atoms with E-state index in [4.69, 9.17) is 9.47 Å². The van der Waals surface area contributed by atoms with Crippen LogP contribution >= 0.6 is 15.9 Å². The summed E-state index contributed by atoms with van der Waals surface area (Å²) in [5.74, 6) is 1.69. The third-order valence-corrected chi connectivity index (χ3v) is 4.85. The highest BCUT2D eigenvalue weighted by Gasteiger charge is 2.40. The molecular weight excluding hydrogens is 346 g/mol. The van der Waals surface area contributed by atoms with Crippen LogP contribution in [0.2, 0.25) is 0 Å². The van der Waals surface area contributed by atoms with Crippen LogP contribution in [0.25, 0.3) is 0 Å². The lowest BCUT2D eigenvalue weighted by molar-refractivity contribution is 0.0284. The summed E-state index contributed by atoms with van der Waals surface area (Å²) >= 11 is 3.57. The second kappa shape index (κ2) is 5.76. The zero-order valence-corrected chi connectivity index (χ0v) is 14.9. The third kappa shape index (κ3) is 3.09. The first kappa shape index (κ1) is 15.7. The number of para-hydroxylation sites is 1. The van der Waals surface area contributed by atoms with E-state index in [1.807, 2.05) is 37.8 Å². The first-order valence-electron chi connectivity index (χ1n) is 7.74. The Morgan fingerprint density at radius 3 is 2.86 bits per heavy atom. The van der Waals surface area contributed by atoms with Gasteiger partial charge in [-0.25, -0.2) is 4.79 Å². The Balaban J connectivity index is 1.82. The molecule has 0 aliphatic carbocycles. The summed E-state index contributed by atoms with van der Waals surface area (Å²) in [6.45, 7) is 7.85. The van der Waals surface area contributed by atoms with Crippen LogP contribution in [-0.4, -0.2) is 36.3 Å². The van der Waals surface area contributed by atoms with Crippen molar-refractivity contribution in [3.8, 4) is 5.75 Å². The summed E-state index contributed by atoms with van der Waals surface area (Å²) in [6.07, 6.45) is 0.753. The molecule has 0 radical (unpaired) electrons. The Bertz CT molecular complexity index is 582. The molecule has 0 aromatic heterocycles. The van der Waals surface area contributed by atoms with E-state index in [1.54, 1.807) is 0 Å². The number of amides is 1. The van der Waals surface area contributed by atoms with Crippen molar-refractivity contribution in [1.82, 2.24) is 4.90 Å². The van der Waals surface area contributed by atoms with Crippen molar-refractivity contribution in [3.63, 3.8) is 0 Å². The minimum Gasteiger partial charge on any atom is -0.492 e. The molecule has 0 unspecified atom stereocenters.